The first-order valence-electron chi connectivity index (χ1n) is 6.32. The lowest BCUT2D eigenvalue weighted by Gasteiger charge is -2.09. The lowest BCUT2D eigenvalue weighted by Crippen LogP contribution is -2.14. The number of carboxylic acids is 1. The fourth-order valence-electron chi connectivity index (χ4n) is 2.01. The molecule has 2 aromatic carbocycles. The summed E-state index contributed by atoms with van der Waals surface area (Å²) in [4.78, 5) is 10.5. The number of benzene rings is 2. The third-order valence-corrected chi connectivity index (χ3v) is 4.48. The molecule has 2 N–H and O–H groups in total. The highest BCUT2D eigenvalue weighted by molar-refractivity contribution is 7.92. The van der Waals surface area contributed by atoms with Gasteiger partial charge in [0.1, 0.15) is 5.82 Å². The maximum absolute atomic E-state index is 13.4. The van der Waals surface area contributed by atoms with E-state index in [1.54, 1.807) is 0 Å². The third-order valence-electron chi connectivity index (χ3n) is 3.10. The zero-order valence-electron chi connectivity index (χ0n) is 11.4. The second-order valence-electron chi connectivity index (χ2n) is 4.62. The van der Waals surface area contributed by atoms with E-state index in [0.717, 1.165) is 18.2 Å². The van der Waals surface area contributed by atoms with Crippen molar-refractivity contribution in [3.63, 3.8) is 0 Å². The molecule has 0 spiro atoms. The topological polar surface area (TPSA) is 102 Å². The summed E-state index contributed by atoms with van der Waals surface area (Å²) >= 11 is 0. The average molecular weight is 339 g/mol. The van der Waals surface area contributed by atoms with E-state index in [0.29, 0.717) is 11.5 Å². The summed E-state index contributed by atoms with van der Waals surface area (Å²) in [5, 5.41) is 8.87. The fraction of sp³-hybridized carbons (Fsp3) is 0.0714. The second kappa shape index (κ2) is 5.43. The number of hydrogen-bond acceptors (Lipinski definition) is 5. The van der Waals surface area contributed by atoms with Crippen LogP contribution in [0.4, 0.5) is 10.1 Å². The van der Waals surface area contributed by atoms with E-state index in [-0.39, 0.29) is 17.4 Å². The van der Waals surface area contributed by atoms with Crippen molar-refractivity contribution in [1.29, 1.82) is 0 Å². The quantitative estimate of drug-likeness (QED) is 0.884. The van der Waals surface area contributed by atoms with Crippen molar-refractivity contribution in [2.45, 2.75) is 4.90 Å². The van der Waals surface area contributed by atoms with Crippen LogP contribution in [0, 0.1) is 5.82 Å². The normalized spacial score (nSPS) is 12.9. The van der Waals surface area contributed by atoms with Crippen LogP contribution in [-0.2, 0) is 10.0 Å². The lowest BCUT2D eigenvalue weighted by molar-refractivity contribution is 0.0691. The number of fused-ring (bicyclic) bond motifs is 1. The molecule has 1 heterocycles. The Morgan fingerprint density at radius 3 is 2.61 bits per heavy atom. The molecule has 9 heteroatoms. The molecule has 0 aromatic heterocycles. The van der Waals surface area contributed by atoms with Crippen LogP contribution in [0.25, 0.3) is 0 Å². The van der Waals surface area contributed by atoms with Gasteiger partial charge >= 0.3 is 5.97 Å². The fourth-order valence-corrected chi connectivity index (χ4v) is 3.08. The zero-order valence-corrected chi connectivity index (χ0v) is 12.3. The van der Waals surface area contributed by atoms with Crippen LogP contribution in [0.2, 0.25) is 0 Å². The summed E-state index contributed by atoms with van der Waals surface area (Å²) in [7, 11) is -4.08. The van der Waals surface area contributed by atoms with Gasteiger partial charge in [-0.3, -0.25) is 4.72 Å². The largest absolute Gasteiger partial charge is 0.478 e. The summed E-state index contributed by atoms with van der Waals surface area (Å²) < 4.78 is 50.5. The Labute approximate surface area is 130 Å². The molecule has 23 heavy (non-hydrogen) atoms. The summed E-state index contributed by atoms with van der Waals surface area (Å²) in [5.74, 6) is -1.69. The molecule has 0 saturated heterocycles. The molecule has 0 bridgehead atoms. The molecule has 3 rings (SSSR count). The smallest absolute Gasteiger partial charge is 0.338 e. The number of nitrogens with one attached hydrogen (secondary N) is 1. The minimum absolute atomic E-state index is 0.0471. The van der Waals surface area contributed by atoms with Crippen LogP contribution < -0.4 is 14.2 Å². The van der Waals surface area contributed by atoms with Crippen LogP contribution >= 0.6 is 0 Å². The van der Waals surface area contributed by atoms with Crippen molar-refractivity contribution in [3.05, 3.63) is 47.8 Å². The van der Waals surface area contributed by atoms with Crippen molar-refractivity contribution < 1.29 is 32.2 Å². The van der Waals surface area contributed by atoms with Gasteiger partial charge < -0.3 is 14.6 Å². The molecule has 0 unspecified atom stereocenters. The molecule has 2 aromatic rings. The highest BCUT2D eigenvalue weighted by Crippen LogP contribution is 2.34. The average Bonchev–Trinajstić information content (AvgIpc) is 2.94. The van der Waals surface area contributed by atoms with Crippen LogP contribution in [0.1, 0.15) is 10.4 Å². The number of halogens is 1. The molecule has 0 atom stereocenters. The Bertz CT molecular complexity index is 896. The minimum Gasteiger partial charge on any atom is -0.478 e. The molecular weight excluding hydrogens is 329 g/mol. The molecule has 120 valence electrons. The van der Waals surface area contributed by atoms with E-state index in [1.807, 2.05) is 0 Å². The van der Waals surface area contributed by atoms with Gasteiger partial charge in [-0.25, -0.2) is 17.6 Å². The minimum atomic E-state index is -4.08. The maximum atomic E-state index is 13.4. The highest BCUT2D eigenvalue weighted by atomic mass is 32.2. The Morgan fingerprint density at radius 1 is 1.13 bits per heavy atom. The number of aromatic carboxylic acids is 1. The van der Waals surface area contributed by atoms with E-state index in [4.69, 9.17) is 14.6 Å². The number of sulfonamides is 1. The standard InChI is InChI=1S/C14H10FNO6S/c15-11-3-2-9(6-10(11)14(17)18)23(19,20)16-8-1-4-12-13(5-8)22-7-21-12/h1-6,16H,7H2,(H,17,18). The van der Waals surface area contributed by atoms with Gasteiger partial charge in [0.15, 0.2) is 11.5 Å². The first-order valence-corrected chi connectivity index (χ1v) is 7.80. The summed E-state index contributed by atoms with van der Waals surface area (Å²) in [6, 6.07) is 6.96. The van der Waals surface area contributed by atoms with Gasteiger partial charge in [0, 0.05) is 6.07 Å². The van der Waals surface area contributed by atoms with E-state index >= 15 is 0 Å². The molecule has 0 fully saturated rings. The lowest BCUT2D eigenvalue weighted by atomic mass is 10.2. The Hall–Kier alpha value is -2.81. The van der Waals surface area contributed by atoms with Gasteiger partial charge in [0.2, 0.25) is 6.79 Å². The van der Waals surface area contributed by atoms with E-state index in [2.05, 4.69) is 4.72 Å². The third kappa shape index (κ3) is 2.90. The van der Waals surface area contributed by atoms with Gasteiger partial charge in [-0.2, -0.15) is 0 Å². The number of ether oxygens (including phenoxy) is 2. The summed E-state index contributed by atoms with van der Waals surface area (Å²) in [6.45, 7) is 0.0471. The number of hydrogen-bond donors (Lipinski definition) is 2. The maximum Gasteiger partial charge on any atom is 0.338 e. The predicted octanol–water partition coefficient (Wildman–Crippen LogP) is 2.05. The van der Waals surface area contributed by atoms with Crippen LogP contribution in [0.3, 0.4) is 0 Å². The van der Waals surface area contributed by atoms with Crippen molar-refractivity contribution in [2.75, 3.05) is 11.5 Å². The first kappa shape index (κ1) is 15.1. The SMILES string of the molecule is O=C(O)c1cc(S(=O)(=O)Nc2ccc3c(c2)OCO3)ccc1F. The van der Waals surface area contributed by atoms with Crippen LogP contribution in [0.15, 0.2) is 41.3 Å². The van der Waals surface area contributed by atoms with Crippen molar-refractivity contribution >= 4 is 21.7 Å². The van der Waals surface area contributed by atoms with E-state index < -0.39 is 27.4 Å². The molecule has 0 aliphatic carbocycles. The molecule has 1 aliphatic rings. The van der Waals surface area contributed by atoms with Gasteiger partial charge in [-0.15, -0.1) is 0 Å². The predicted molar refractivity (Wildman–Crippen MR) is 76.7 cm³/mol. The van der Waals surface area contributed by atoms with Crippen LogP contribution in [-0.4, -0.2) is 26.3 Å². The second-order valence-corrected chi connectivity index (χ2v) is 6.30. The Kier molecular flexibility index (Phi) is 3.57. The Balaban J connectivity index is 1.93. The Morgan fingerprint density at radius 2 is 1.87 bits per heavy atom. The number of carboxylic acid groups (broad SMARTS) is 1. The van der Waals surface area contributed by atoms with Crippen molar-refractivity contribution in [3.8, 4) is 11.5 Å². The first-order chi connectivity index (χ1) is 10.9. The number of carbonyl (C=O) groups is 1. The highest BCUT2D eigenvalue weighted by Gasteiger charge is 2.21. The van der Waals surface area contributed by atoms with Gasteiger partial charge in [-0.05, 0) is 30.3 Å². The molecule has 0 amide bonds. The molecule has 0 radical (unpaired) electrons. The molecule has 0 saturated carbocycles. The van der Waals surface area contributed by atoms with Crippen molar-refractivity contribution in [2.24, 2.45) is 0 Å². The molecule has 1 aliphatic heterocycles. The monoisotopic (exact) mass is 339 g/mol. The van der Waals surface area contributed by atoms with Crippen molar-refractivity contribution in [1.82, 2.24) is 0 Å². The molecular formula is C14H10FNO6S. The summed E-state index contributed by atoms with van der Waals surface area (Å²) in [5.41, 5.74) is -0.519. The van der Waals surface area contributed by atoms with Crippen LogP contribution in [0.5, 0.6) is 11.5 Å². The van der Waals surface area contributed by atoms with E-state index in [9.17, 15) is 17.6 Å². The number of rotatable bonds is 4. The zero-order chi connectivity index (χ0) is 16.6. The summed E-state index contributed by atoms with van der Waals surface area (Å²) in [6.07, 6.45) is 0. The molecule has 7 nitrogen and oxygen atoms in total. The van der Waals surface area contributed by atoms with Gasteiger partial charge in [0.05, 0.1) is 16.1 Å². The van der Waals surface area contributed by atoms with E-state index in [1.165, 1.54) is 18.2 Å². The van der Waals surface area contributed by atoms with Gasteiger partial charge in [-0.1, -0.05) is 0 Å². The van der Waals surface area contributed by atoms with Gasteiger partial charge in [0.25, 0.3) is 10.0 Å². The number of anilines is 1.